The number of rotatable bonds is 9. The van der Waals surface area contributed by atoms with Crippen molar-refractivity contribution in [2.24, 2.45) is 5.92 Å². The molecule has 23 heavy (non-hydrogen) atoms. The van der Waals surface area contributed by atoms with Crippen LogP contribution in [0.4, 0.5) is 0 Å². The fourth-order valence-electron chi connectivity index (χ4n) is 2.33. The molecular formula is C18H28N2O3. The lowest BCUT2D eigenvalue weighted by Gasteiger charge is -2.18. The van der Waals surface area contributed by atoms with Gasteiger partial charge in [0.1, 0.15) is 5.75 Å². The van der Waals surface area contributed by atoms with E-state index in [1.807, 2.05) is 24.3 Å². The Morgan fingerprint density at radius 2 is 1.83 bits per heavy atom. The minimum atomic E-state index is -0.330. The smallest absolute Gasteiger partial charge is 0.222 e. The number of ether oxygens (including phenoxy) is 1. The molecule has 1 aromatic carbocycles. The zero-order valence-electron chi connectivity index (χ0n) is 14.5. The molecule has 0 aromatic heterocycles. The zero-order valence-corrected chi connectivity index (χ0v) is 14.5. The molecule has 0 aliphatic carbocycles. The third kappa shape index (κ3) is 7.68. The molecule has 1 atom stereocenters. The largest absolute Gasteiger partial charge is 0.497 e. The summed E-state index contributed by atoms with van der Waals surface area (Å²) in [4.78, 5) is 23.5. The van der Waals surface area contributed by atoms with Gasteiger partial charge in [0.2, 0.25) is 11.8 Å². The van der Waals surface area contributed by atoms with E-state index in [1.165, 1.54) is 6.92 Å². The van der Waals surface area contributed by atoms with Crippen molar-refractivity contribution in [3.05, 3.63) is 29.8 Å². The minimum Gasteiger partial charge on any atom is -0.497 e. The van der Waals surface area contributed by atoms with Gasteiger partial charge >= 0.3 is 0 Å². The highest BCUT2D eigenvalue weighted by Gasteiger charge is 2.17. The molecule has 0 aliphatic heterocycles. The lowest BCUT2D eigenvalue weighted by atomic mass is 10.0. The maximum absolute atomic E-state index is 12.1. The van der Waals surface area contributed by atoms with Gasteiger partial charge in [-0.3, -0.25) is 9.59 Å². The van der Waals surface area contributed by atoms with Gasteiger partial charge in [-0.05, 0) is 36.5 Å². The van der Waals surface area contributed by atoms with Gasteiger partial charge in [-0.2, -0.15) is 0 Å². The number of methoxy groups -OCH3 is 1. The van der Waals surface area contributed by atoms with E-state index >= 15 is 0 Å². The second-order valence-electron chi connectivity index (χ2n) is 6.12. The number of carbonyl (C=O) groups excluding carboxylic acids is 2. The predicted octanol–water partition coefficient (Wildman–Crippen LogP) is 2.81. The summed E-state index contributed by atoms with van der Waals surface area (Å²) in [6, 6.07) is 7.05. The van der Waals surface area contributed by atoms with Crippen LogP contribution in [0.25, 0.3) is 0 Å². The first-order valence-electron chi connectivity index (χ1n) is 8.10. The number of carbonyl (C=O) groups is 2. The van der Waals surface area contributed by atoms with Crippen molar-refractivity contribution < 1.29 is 14.3 Å². The summed E-state index contributed by atoms with van der Waals surface area (Å²) in [7, 11) is 1.60. The summed E-state index contributed by atoms with van der Waals surface area (Å²) >= 11 is 0. The predicted molar refractivity (Wildman–Crippen MR) is 91.3 cm³/mol. The lowest BCUT2D eigenvalue weighted by Crippen LogP contribution is -2.33. The Hall–Kier alpha value is -2.04. The van der Waals surface area contributed by atoms with Gasteiger partial charge in [-0.1, -0.05) is 26.0 Å². The number of nitrogens with one attached hydrogen (secondary N) is 2. The van der Waals surface area contributed by atoms with Gasteiger partial charge in [0.05, 0.1) is 19.6 Å². The molecule has 1 aromatic rings. The standard InChI is InChI=1S/C18H28N2O3/c1-13(2)6-5-11-19-18(22)12-17(20-14(3)21)15-7-9-16(23-4)10-8-15/h7-10,13,17H,5-6,11-12H2,1-4H3,(H,19,22)(H,20,21). The molecule has 1 rings (SSSR count). The number of benzene rings is 1. The molecule has 0 saturated heterocycles. The summed E-state index contributed by atoms with van der Waals surface area (Å²) < 4.78 is 5.13. The Kier molecular flexibility index (Phi) is 8.16. The highest BCUT2D eigenvalue weighted by molar-refractivity contribution is 5.79. The fourth-order valence-corrected chi connectivity index (χ4v) is 2.33. The molecular weight excluding hydrogens is 292 g/mol. The van der Waals surface area contributed by atoms with Crippen molar-refractivity contribution >= 4 is 11.8 Å². The molecule has 5 nitrogen and oxygen atoms in total. The van der Waals surface area contributed by atoms with Gasteiger partial charge in [0, 0.05) is 13.5 Å². The molecule has 5 heteroatoms. The number of hydrogen-bond donors (Lipinski definition) is 2. The molecule has 0 fully saturated rings. The first kappa shape index (κ1) is 19.0. The number of hydrogen-bond acceptors (Lipinski definition) is 3. The Morgan fingerprint density at radius 1 is 1.17 bits per heavy atom. The maximum atomic E-state index is 12.1. The highest BCUT2D eigenvalue weighted by Crippen LogP contribution is 2.20. The topological polar surface area (TPSA) is 67.4 Å². The summed E-state index contributed by atoms with van der Waals surface area (Å²) in [5.41, 5.74) is 0.887. The normalized spacial score (nSPS) is 11.9. The average molecular weight is 320 g/mol. The molecule has 0 radical (unpaired) electrons. The van der Waals surface area contributed by atoms with E-state index in [1.54, 1.807) is 7.11 Å². The van der Waals surface area contributed by atoms with Crippen LogP contribution in [-0.2, 0) is 9.59 Å². The van der Waals surface area contributed by atoms with E-state index in [0.717, 1.165) is 24.2 Å². The molecule has 2 N–H and O–H groups in total. The van der Waals surface area contributed by atoms with Crippen molar-refractivity contribution in [1.82, 2.24) is 10.6 Å². The zero-order chi connectivity index (χ0) is 17.2. The van der Waals surface area contributed by atoms with Crippen LogP contribution in [0.5, 0.6) is 5.75 Å². The van der Waals surface area contributed by atoms with E-state index in [2.05, 4.69) is 24.5 Å². The maximum Gasteiger partial charge on any atom is 0.222 e. The molecule has 0 heterocycles. The third-order valence-electron chi connectivity index (χ3n) is 3.57. The fraction of sp³-hybridized carbons (Fsp3) is 0.556. The van der Waals surface area contributed by atoms with Gasteiger partial charge in [-0.15, -0.1) is 0 Å². The van der Waals surface area contributed by atoms with E-state index < -0.39 is 0 Å². The summed E-state index contributed by atoms with van der Waals surface area (Å²) in [6.07, 6.45) is 2.29. The lowest BCUT2D eigenvalue weighted by molar-refractivity contribution is -0.122. The first-order chi connectivity index (χ1) is 10.9. The van der Waals surface area contributed by atoms with Crippen LogP contribution < -0.4 is 15.4 Å². The van der Waals surface area contributed by atoms with Gasteiger partial charge in [0.15, 0.2) is 0 Å². The van der Waals surface area contributed by atoms with E-state index in [4.69, 9.17) is 4.74 Å². The van der Waals surface area contributed by atoms with Crippen LogP contribution in [0.3, 0.4) is 0 Å². The van der Waals surface area contributed by atoms with E-state index in [9.17, 15) is 9.59 Å². The molecule has 0 bridgehead atoms. The summed E-state index contributed by atoms with van der Waals surface area (Å²) in [6.45, 7) is 6.46. The quantitative estimate of drug-likeness (QED) is 0.688. The SMILES string of the molecule is COc1ccc(C(CC(=O)NCCCC(C)C)NC(C)=O)cc1. The van der Waals surface area contributed by atoms with Crippen LogP contribution >= 0.6 is 0 Å². The van der Waals surface area contributed by atoms with Gasteiger partial charge in [0.25, 0.3) is 0 Å². The average Bonchev–Trinajstić information content (AvgIpc) is 2.50. The first-order valence-corrected chi connectivity index (χ1v) is 8.10. The van der Waals surface area contributed by atoms with Crippen LogP contribution in [0.15, 0.2) is 24.3 Å². The Balaban J connectivity index is 2.59. The van der Waals surface area contributed by atoms with Gasteiger partial charge in [-0.25, -0.2) is 0 Å². The van der Waals surface area contributed by atoms with Crippen LogP contribution in [0.2, 0.25) is 0 Å². The third-order valence-corrected chi connectivity index (χ3v) is 3.57. The van der Waals surface area contributed by atoms with Crippen molar-refractivity contribution in [3.63, 3.8) is 0 Å². The monoisotopic (exact) mass is 320 g/mol. The molecule has 0 aliphatic rings. The van der Waals surface area contributed by atoms with Crippen molar-refractivity contribution in [2.45, 2.75) is 46.1 Å². The van der Waals surface area contributed by atoms with Crippen molar-refractivity contribution in [2.75, 3.05) is 13.7 Å². The highest BCUT2D eigenvalue weighted by atomic mass is 16.5. The van der Waals surface area contributed by atoms with E-state index in [-0.39, 0.29) is 24.3 Å². The molecule has 0 spiro atoms. The molecule has 1 unspecified atom stereocenters. The Morgan fingerprint density at radius 3 is 2.35 bits per heavy atom. The van der Waals surface area contributed by atoms with Crippen molar-refractivity contribution in [3.8, 4) is 5.75 Å². The molecule has 2 amide bonds. The van der Waals surface area contributed by atoms with Crippen LogP contribution in [0.1, 0.15) is 51.6 Å². The minimum absolute atomic E-state index is 0.0525. The second kappa shape index (κ2) is 9.87. The number of amides is 2. The molecule has 128 valence electrons. The van der Waals surface area contributed by atoms with Gasteiger partial charge < -0.3 is 15.4 Å². The van der Waals surface area contributed by atoms with E-state index in [0.29, 0.717) is 12.5 Å². The Labute approximate surface area is 138 Å². The summed E-state index contributed by atoms with van der Waals surface area (Å²) in [5.74, 6) is 1.17. The Bertz CT molecular complexity index is 497. The van der Waals surface area contributed by atoms with Crippen LogP contribution in [-0.4, -0.2) is 25.5 Å². The van der Waals surface area contributed by atoms with Crippen molar-refractivity contribution in [1.29, 1.82) is 0 Å². The van der Waals surface area contributed by atoms with Crippen LogP contribution in [0, 0.1) is 5.92 Å². The molecule has 0 saturated carbocycles. The summed E-state index contributed by atoms with van der Waals surface area (Å²) in [5, 5.41) is 5.75. The second-order valence-corrected chi connectivity index (χ2v) is 6.12.